The fourth-order valence-electron chi connectivity index (χ4n) is 1.95. The second-order valence-electron chi connectivity index (χ2n) is 4.26. The maximum absolute atomic E-state index is 11.0. The molecule has 0 aliphatic heterocycles. The number of carboxylic acids is 1. The van der Waals surface area contributed by atoms with Crippen LogP contribution < -0.4 is 5.06 Å². The zero-order valence-corrected chi connectivity index (χ0v) is 11.9. The highest BCUT2D eigenvalue weighted by molar-refractivity contribution is 6.30. The van der Waals surface area contributed by atoms with Crippen molar-refractivity contribution in [2.24, 2.45) is 0 Å². The summed E-state index contributed by atoms with van der Waals surface area (Å²) in [6.45, 7) is 1.91. The molecule has 0 aliphatic rings. The average Bonchev–Trinajstić information content (AvgIpc) is 2.42. The maximum atomic E-state index is 11.0. The molecule has 4 nitrogen and oxygen atoms in total. The Morgan fingerprint density at radius 1 is 1.25 bits per heavy atom. The van der Waals surface area contributed by atoms with Gasteiger partial charge in [0.1, 0.15) is 0 Å². The molecule has 104 valence electrons. The first-order valence-electron chi connectivity index (χ1n) is 5.96. The van der Waals surface area contributed by atoms with E-state index in [9.17, 15) is 4.79 Å². The van der Waals surface area contributed by atoms with E-state index in [4.69, 9.17) is 21.5 Å². The van der Waals surface area contributed by atoms with Crippen molar-refractivity contribution < 1.29 is 14.7 Å². The minimum Gasteiger partial charge on any atom is -0.478 e. The molecule has 0 spiro atoms. The molecular formula is C15H14ClNO3. The van der Waals surface area contributed by atoms with Gasteiger partial charge in [-0.15, -0.1) is 0 Å². The summed E-state index contributed by atoms with van der Waals surface area (Å²) < 4.78 is 0. The molecule has 0 amide bonds. The average molecular weight is 292 g/mol. The van der Waals surface area contributed by atoms with E-state index in [0.717, 1.165) is 11.3 Å². The highest BCUT2D eigenvalue weighted by Crippen LogP contribution is 2.30. The van der Waals surface area contributed by atoms with Crippen LogP contribution in [-0.2, 0) is 4.84 Å². The lowest BCUT2D eigenvalue weighted by Crippen LogP contribution is -2.16. The Balaban J connectivity index is 2.46. The van der Waals surface area contributed by atoms with Gasteiger partial charge in [-0.3, -0.25) is 4.84 Å². The zero-order valence-electron chi connectivity index (χ0n) is 11.1. The monoisotopic (exact) mass is 291 g/mol. The van der Waals surface area contributed by atoms with Crippen molar-refractivity contribution in [1.82, 2.24) is 0 Å². The predicted molar refractivity (Wildman–Crippen MR) is 78.7 cm³/mol. The largest absolute Gasteiger partial charge is 0.478 e. The number of anilines is 2. The number of nitrogens with zero attached hydrogens (tertiary/aromatic N) is 1. The third kappa shape index (κ3) is 2.92. The Morgan fingerprint density at radius 3 is 2.60 bits per heavy atom. The topological polar surface area (TPSA) is 49.8 Å². The molecule has 0 heterocycles. The molecule has 2 aromatic rings. The van der Waals surface area contributed by atoms with E-state index in [1.165, 1.54) is 13.2 Å². The van der Waals surface area contributed by atoms with E-state index in [1.54, 1.807) is 29.3 Å². The third-order valence-corrected chi connectivity index (χ3v) is 3.12. The fraction of sp³-hybridized carbons (Fsp3) is 0.133. The molecule has 0 unspecified atom stereocenters. The number of benzene rings is 2. The first kappa shape index (κ1) is 14.4. The van der Waals surface area contributed by atoms with Gasteiger partial charge in [-0.1, -0.05) is 17.7 Å². The number of carboxylic acid groups (broad SMARTS) is 1. The van der Waals surface area contributed by atoms with Gasteiger partial charge < -0.3 is 5.11 Å². The van der Waals surface area contributed by atoms with Crippen LogP contribution in [0.4, 0.5) is 11.4 Å². The van der Waals surface area contributed by atoms with Crippen LogP contribution in [0.25, 0.3) is 0 Å². The van der Waals surface area contributed by atoms with Crippen LogP contribution in [0, 0.1) is 6.92 Å². The van der Waals surface area contributed by atoms with E-state index >= 15 is 0 Å². The van der Waals surface area contributed by atoms with Crippen LogP contribution in [0.3, 0.4) is 0 Å². The lowest BCUT2D eigenvalue weighted by molar-refractivity contribution is 0.0697. The summed E-state index contributed by atoms with van der Waals surface area (Å²) in [5.74, 6) is -0.976. The second-order valence-corrected chi connectivity index (χ2v) is 4.70. The lowest BCUT2D eigenvalue weighted by atomic mass is 10.1. The molecule has 20 heavy (non-hydrogen) atoms. The van der Waals surface area contributed by atoms with Gasteiger partial charge in [0, 0.05) is 5.02 Å². The van der Waals surface area contributed by atoms with Gasteiger partial charge in [-0.25, -0.2) is 9.86 Å². The molecule has 2 rings (SSSR count). The van der Waals surface area contributed by atoms with Crippen molar-refractivity contribution in [1.29, 1.82) is 0 Å². The number of hydrogen-bond donors (Lipinski definition) is 1. The van der Waals surface area contributed by atoms with E-state index in [-0.39, 0.29) is 5.56 Å². The van der Waals surface area contributed by atoms with Crippen molar-refractivity contribution in [3.63, 3.8) is 0 Å². The zero-order chi connectivity index (χ0) is 14.7. The SMILES string of the molecule is CON(c1cccc(C(=O)O)c1)c1ccc(Cl)cc1C. The summed E-state index contributed by atoms with van der Waals surface area (Å²) in [4.78, 5) is 16.4. The highest BCUT2D eigenvalue weighted by Gasteiger charge is 2.13. The summed E-state index contributed by atoms with van der Waals surface area (Å²) in [5.41, 5.74) is 2.58. The Morgan fingerprint density at radius 2 is 2.00 bits per heavy atom. The number of rotatable bonds is 4. The molecule has 5 heteroatoms. The smallest absolute Gasteiger partial charge is 0.335 e. The summed E-state index contributed by atoms with van der Waals surface area (Å²) in [7, 11) is 1.53. The van der Waals surface area contributed by atoms with Crippen LogP contribution in [0.1, 0.15) is 15.9 Å². The van der Waals surface area contributed by atoms with Crippen LogP contribution in [0.2, 0.25) is 5.02 Å². The van der Waals surface area contributed by atoms with Crippen molar-refractivity contribution >= 4 is 28.9 Å². The number of aryl methyl sites for hydroxylation is 1. The summed E-state index contributed by atoms with van der Waals surface area (Å²) in [5, 5.41) is 11.3. The molecule has 0 saturated heterocycles. The second kappa shape index (κ2) is 5.94. The minimum absolute atomic E-state index is 0.205. The van der Waals surface area contributed by atoms with Gasteiger partial charge >= 0.3 is 5.97 Å². The van der Waals surface area contributed by atoms with Crippen molar-refractivity contribution in [2.45, 2.75) is 6.92 Å². The predicted octanol–water partition coefficient (Wildman–Crippen LogP) is 4.05. The molecule has 0 fully saturated rings. The molecule has 0 atom stereocenters. The molecule has 0 radical (unpaired) electrons. The summed E-state index contributed by atoms with van der Waals surface area (Å²) >= 11 is 5.94. The van der Waals surface area contributed by atoms with Crippen molar-refractivity contribution in [3.05, 3.63) is 58.6 Å². The van der Waals surface area contributed by atoms with Crippen LogP contribution >= 0.6 is 11.6 Å². The van der Waals surface area contributed by atoms with Crippen LogP contribution in [-0.4, -0.2) is 18.2 Å². The number of aromatic carboxylic acids is 1. The van der Waals surface area contributed by atoms with E-state index in [1.807, 2.05) is 19.1 Å². The maximum Gasteiger partial charge on any atom is 0.335 e. The van der Waals surface area contributed by atoms with Gasteiger partial charge in [0.25, 0.3) is 0 Å². The van der Waals surface area contributed by atoms with E-state index in [0.29, 0.717) is 10.7 Å². The number of hydrogen-bond acceptors (Lipinski definition) is 3. The van der Waals surface area contributed by atoms with Crippen LogP contribution in [0.15, 0.2) is 42.5 Å². The van der Waals surface area contributed by atoms with Crippen molar-refractivity contribution in [2.75, 3.05) is 12.2 Å². The molecule has 0 bridgehead atoms. The summed E-state index contributed by atoms with van der Waals surface area (Å²) in [6, 6.07) is 12.0. The van der Waals surface area contributed by atoms with Gasteiger partial charge in [-0.2, -0.15) is 0 Å². The quantitative estimate of drug-likeness (QED) is 0.864. The van der Waals surface area contributed by atoms with E-state index < -0.39 is 5.97 Å². The molecular weight excluding hydrogens is 278 g/mol. The normalized spacial score (nSPS) is 10.3. The highest BCUT2D eigenvalue weighted by atomic mass is 35.5. The van der Waals surface area contributed by atoms with Crippen LogP contribution in [0.5, 0.6) is 0 Å². The first-order valence-corrected chi connectivity index (χ1v) is 6.34. The fourth-order valence-corrected chi connectivity index (χ4v) is 2.18. The van der Waals surface area contributed by atoms with Gasteiger partial charge in [0.15, 0.2) is 0 Å². The first-order chi connectivity index (χ1) is 9.52. The molecule has 1 N–H and O–H groups in total. The number of carbonyl (C=O) groups is 1. The summed E-state index contributed by atoms with van der Waals surface area (Å²) in [6.07, 6.45) is 0. The Bertz CT molecular complexity index is 643. The Hall–Kier alpha value is -2.04. The lowest BCUT2D eigenvalue weighted by Gasteiger charge is -2.24. The Labute approximate surface area is 122 Å². The number of halogens is 1. The standard InChI is InChI=1S/C15H14ClNO3/c1-10-8-12(16)6-7-14(10)17(20-2)13-5-3-4-11(9-13)15(18)19/h3-9H,1-2H3,(H,18,19). The Kier molecular flexibility index (Phi) is 4.27. The molecule has 0 aromatic heterocycles. The molecule has 2 aromatic carbocycles. The third-order valence-electron chi connectivity index (χ3n) is 2.89. The van der Waals surface area contributed by atoms with E-state index in [2.05, 4.69) is 0 Å². The molecule has 0 saturated carbocycles. The van der Waals surface area contributed by atoms with Crippen molar-refractivity contribution in [3.8, 4) is 0 Å². The van der Waals surface area contributed by atoms with Gasteiger partial charge in [0.05, 0.1) is 24.0 Å². The minimum atomic E-state index is -0.976. The molecule has 0 aliphatic carbocycles. The van der Waals surface area contributed by atoms with Gasteiger partial charge in [0.2, 0.25) is 0 Å². The van der Waals surface area contributed by atoms with Gasteiger partial charge in [-0.05, 0) is 48.9 Å².